The number of fused-ring (bicyclic) bond motifs is 1. The summed E-state index contributed by atoms with van der Waals surface area (Å²) in [5.74, 6) is -0.101. The summed E-state index contributed by atoms with van der Waals surface area (Å²) in [5, 5.41) is 8.98. The number of hydrogen-bond donors (Lipinski definition) is 2. The molecule has 0 saturated heterocycles. The minimum Gasteiger partial charge on any atom is -0.493 e. The molecule has 6 nitrogen and oxygen atoms in total. The van der Waals surface area contributed by atoms with Crippen molar-refractivity contribution in [3.05, 3.63) is 77.9 Å². The fourth-order valence-electron chi connectivity index (χ4n) is 3.27. The Morgan fingerprint density at radius 2 is 1.71 bits per heavy atom. The lowest BCUT2D eigenvalue weighted by molar-refractivity contribution is -0.123. The van der Waals surface area contributed by atoms with E-state index in [0.29, 0.717) is 17.9 Å². The third kappa shape index (κ3) is 5.48. The monoisotopic (exact) mass is 417 g/mol. The molecule has 0 aromatic heterocycles. The van der Waals surface area contributed by atoms with Crippen molar-refractivity contribution in [2.24, 2.45) is 11.0 Å². The van der Waals surface area contributed by atoms with E-state index in [1.165, 1.54) is 0 Å². The number of carbonyl (C=O) groups is 2. The van der Waals surface area contributed by atoms with E-state index < -0.39 is 6.04 Å². The van der Waals surface area contributed by atoms with Crippen molar-refractivity contribution in [1.82, 2.24) is 10.7 Å². The molecule has 1 atom stereocenters. The van der Waals surface area contributed by atoms with E-state index >= 15 is 0 Å². The van der Waals surface area contributed by atoms with Gasteiger partial charge in [0.2, 0.25) is 0 Å². The molecule has 0 aliphatic heterocycles. The molecule has 6 heteroatoms. The Balaban J connectivity index is 1.76. The van der Waals surface area contributed by atoms with Gasteiger partial charge in [0.25, 0.3) is 11.8 Å². The largest absolute Gasteiger partial charge is 0.493 e. The van der Waals surface area contributed by atoms with Crippen LogP contribution in [0.4, 0.5) is 0 Å². The number of rotatable bonds is 8. The van der Waals surface area contributed by atoms with Crippen LogP contribution in [0.5, 0.6) is 5.75 Å². The van der Waals surface area contributed by atoms with Gasteiger partial charge in [0.15, 0.2) is 0 Å². The van der Waals surface area contributed by atoms with Crippen LogP contribution in [0.2, 0.25) is 0 Å². The maximum Gasteiger partial charge on any atom is 0.262 e. The van der Waals surface area contributed by atoms with E-state index in [1.807, 2.05) is 63.2 Å². The molecule has 2 N–H and O–H groups in total. The van der Waals surface area contributed by atoms with E-state index in [-0.39, 0.29) is 17.7 Å². The average molecular weight is 418 g/mol. The number of amides is 2. The van der Waals surface area contributed by atoms with Gasteiger partial charge in [0.05, 0.1) is 12.8 Å². The van der Waals surface area contributed by atoms with Crippen molar-refractivity contribution in [2.75, 3.05) is 6.61 Å². The molecule has 3 rings (SSSR count). The molecule has 1 unspecified atom stereocenters. The third-order valence-corrected chi connectivity index (χ3v) is 4.87. The van der Waals surface area contributed by atoms with Gasteiger partial charge >= 0.3 is 0 Å². The molecule has 0 bridgehead atoms. The summed E-state index contributed by atoms with van der Waals surface area (Å²) in [4.78, 5) is 25.2. The van der Waals surface area contributed by atoms with Gasteiger partial charge in [-0.1, -0.05) is 62.4 Å². The second-order valence-electron chi connectivity index (χ2n) is 7.43. The van der Waals surface area contributed by atoms with Gasteiger partial charge in [-0.05, 0) is 41.8 Å². The molecular weight excluding hydrogens is 390 g/mol. The topological polar surface area (TPSA) is 79.8 Å². The first-order chi connectivity index (χ1) is 15.0. The van der Waals surface area contributed by atoms with Crippen LogP contribution in [0.25, 0.3) is 10.8 Å². The smallest absolute Gasteiger partial charge is 0.262 e. The first-order valence-corrected chi connectivity index (χ1v) is 10.3. The fourth-order valence-corrected chi connectivity index (χ4v) is 3.27. The highest BCUT2D eigenvalue weighted by atomic mass is 16.5. The summed E-state index contributed by atoms with van der Waals surface area (Å²) < 4.78 is 5.73. The number of benzene rings is 3. The van der Waals surface area contributed by atoms with Crippen LogP contribution >= 0.6 is 0 Å². The molecule has 0 radical (unpaired) electrons. The predicted molar refractivity (Wildman–Crippen MR) is 123 cm³/mol. The molecule has 0 aliphatic carbocycles. The molecule has 160 valence electrons. The van der Waals surface area contributed by atoms with E-state index in [0.717, 1.165) is 16.3 Å². The Bertz CT molecular complexity index is 1080. The SMILES string of the molecule is CCOc1ccc2ccccc2c1C=NNC(=O)C(NC(=O)c1ccccc1)C(C)C. The molecule has 3 aromatic carbocycles. The Kier molecular flexibility index (Phi) is 7.38. The minimum atomic E-state index is -0.719. The maximum absolute atomic E-state index is 12.7. The standard InChI is InChI=1S/C25H27N3O3/c1-4-31-22-15-14-18-10-8-9-13-20(18)21(22)16-26-28-25(30)23(17(2)3)27-24(29)19-11-6-5-7-12-19/h5-17,23H,4H2,1-3H3,(H,27,29)(H,28,30). The molecule has 31 heavy (non-hydrogen) atoms. The zero-order valence-corrected chi connectivity index (χ0v) is 18.0. The predicted octanol–water partition coefficient (Wildman–Crippen LogP) is 4.14. The van der Waals surface area contributed by atoms with Crippen molar-refractivity contribution in [3.8, 4) is 5.75 Å². The maximum atomic E-state index is 12.7. The van der Waals surface area contributed by atoms with Crippen molar-refractivity contribution in [2.45, 2.75) is 26.8 Å². The first-order valence-electron chi connectivity index (χ1n) is 10.3. The highest BCUT2D eigenvalue weighted by molar-refractivity contribution is 6.03. The zero-order chi connectivity index (χ0) is 22.2. The van der Waals surface area contributed by atoms with Crippen LogP contribution in [-0.4, -0.2) is 30.7 Å². The molecule has 0 aliphatic rings. The Hall–Kier alpha value is -3.67. The Labute approximate surface area is 182 Å². The first kappa shape index (κ1) is 22.0. The van der Waals surface area contributed by atoms with E-state index in [2.05, 4.69) is 15.8 Å². The Morgan fingerprint density at radius 3 is 2.42 bits per heavy atom. The lowest BCUT2D eigenvalue weighted by Gasteiger charge is -2.20. The summed E-state index contributed by atoms with van der Waals surface area (Å²) in [6, 6.07) is 19.9. The number of carbonyl (C=O) groups excluding carboxylic acids is 2. The molecule has 2 amide bonds. The normalized spacial score (nSPS) is 12.1. The van der Waals surface area contributed by atoms with E-state index in [9.17, 15) is 9.59 Å². The van der Waals surface area contributed by atoms with Crippen LogP contribution in [-0.2, 0) is 4.79 Å². The molecule has 0 saturated carbocycles. The fraction of sp³-hybridized carbons (Fsp3) is 0.240. The number of nitrogens with one attached hydrogen (secondary N) is 2. The highest BCUT2D eigenvalue weighted by Crippen LogP contribution is 2.26. The van der Waals surface area contributed by atoms with Gasteiger partial charge < -0.3 is 10.1 Å². The quantitative estimate of drug-likeness (QED) is 0.427. The van der Waals surface area contributed by atoms with Crippen LogP contribution in [0.3, 0.4) is 0 Å². The lowest BCUT2D eigenvalue weighted by Crippen LogP contribution is -2.48. The summed E-state index contributed by atoms with van der Waals surface area (Å²) in [5.41, 5.74) is 3.85. The van der Waals surface area contributed by atoms with Gasteiger partial charge in [-0.15, -0.1) is 0 Å². The second-order valence-corrected chi connectivity index (χ2v) is 7.43. The van der Waals surface area contributed by atoms with Crippen LogP contribution in [0, 0.1) is 5.92 Å². The molecule has 3 aromatic rings. The summed E-state index contributed by atoms with van der Waals surface area (Å²) >= 11 is 0. The average Bonchev–Trinajstić information content (AvgIpc) is 2.78. The van der Waals surface area contributed by atoms with Crippen LogP contribution < -0.4 is 15.5 Å². The van der Waals surface area contributed by atoms with Crippen molar-refractivity contribution in [3.63, 3.8) is 0 Å². The number of ether oxygens (including phenoxy) is 1. The summed E-state index contributed by atoms with van der Waals surface area (Å²) in [6.45, 7) is 6.18. The molecule has 0 spiro atoms. The van der Waals surface area contributed by atoms with Gasteiger partial charge in [-0.25, -0.2) is 5.43 Å². The van der Waals surface area contributed by atoms with Gasteiger partial charge in [0, 0.05) is 11.1 Å². The van der Waals surface area contributed by atoms with Crippen molar-refractivity contribution in [1.29, 1.82) is 0 Å². The van der Waals surface area contributed by atoms with Crippen LogP contribution in [0.15, 0.2) is 71.8 Å². The highest BCUT2D eigenvalue weighted by Gasteiger charge is 2.24. The number of hydrogen-bond acceptors (Lipinski definition) is 4. The summed E-state index contributed by atoms with van der Waals surface area (Å²) in [6.07, 6.45) is 1.58. The van der Waals surface area contributed by atoms with E-state index in [4.69, 9.17) is 4.74 Å². The van der Waals surface area contributed by atoms with Gasteiger partial charge in [0.1, 0.15) is 11.8 Å². The van der Waals surface area contributed by atoms with Crippen molar-refractivity contribution < 1.29 is 14.3 Å². The number of nitrogens with zero attached hydrogens (tertiary/aromatic N) is 1. The lowest BCUT2D eigenvalue weighted by atomic mass is 10.0. The van der Waals surface area contributed by atoms with Gasteiger partial charge in [-0.2, -0.15) is 5.10 Å². The summed E-state index contributed by atoms with van der Waals surface area (Å²) in [7, 11) is 0. The molecule has 0 fully saturated rings. The molecular formula is C25H27N3O3. The Morgan fingerprint density at radius 1 is 1.00 bits per heavy atom. The zero-order valence-electron chi connectivity index (χ0n) is 18.0. The minimum absolute atomic E-state index is 0.112. The second kappa shape index (κ2) is 10.4. The van der Waals surface area contributed by atoms with Crippen LogP contribution in [0.1, 0.15) is 36.7 Å². The van der Waals surface area contributed by atoms with Gasteiger partial charge in [-0.3, -0.25) is 9.59 Å². The van der Waals surface area contributed by atoms with Crippen molar-refractivity contribution >= 4 is 28.8 Å². The number of hydrazone groups is 1. The third-order valence-electron chi connectivity index (χ3n) is 4.87. The van der Waals surface area contributed by atoms with E-state index in [1.54, 1.807) is 30.5 Å². The molecule has 0 heterocycles.